The van der Waals surface area contributed by atoms with E-state index in [0.29, 0.717) is 19.4 Å². The molecule has 0 fully saturated rings. The maximum Gasteiger partial charge on any atom is 0.191 e. The Labute approximate surface area is 151 Å². The van der Waals surface area contributed by atoms with Crippen LogP contribution in [0.3, 0.4) is 0 Å². The number of aliphatic hydroxyl groups is 1. The number of nitrogens with zero attached hydrogens (tertiary/aromatic N) is 1. The smallest absolute Gasteiger partial charge is 0.191 e. The Bertz CT molecular complexity index is 433. The molecule has 4 nitrogen and oxygen atoms in total. The van der Waals surface area contributed by atoms with Crippen LogP contribution in [0.5, 0.6) is 0 Å². The van der Waals surface area contributed by atoms with Crippen LogP contribution in [0.1, 0.15) is 52.1 Å². The summed E-state index contributed by atoms with van der Waals surface area (Å²) in [7, 11) is 0. The minimum absolute atomic E-state index is 0. The van der Waals surface area contributed by atoms with E-state index < -0.39 is 5.60 Å². The summed E-state index contributed by atoms with van der Waals surface area (Å²) in [6.45, 7) is 9.34. The number of guanidine groups is 1. The van der Waals surface area contributed by atoms with Gasteiger partial charge in [0.15, 0.2) is 5.96 Å². The van der Waals surface area contributed by atoms with Crippen molar-refractivity contribution in [1.29, 1.82) is 0 Å². The fourth-order valence-electron chi connectivity index (χ4n) is 2.05. The maximum atomic E-state index is 10.3. The average Bonchev–Trinajstić information content (AvgIpc) is 2.53. The van der Waals surface area contributed by atoms with E-state index in [2.05, 4.69) is 34.7 Å². The van der Waals surface area contributed by atoms with Crippen LogP contribution in [0.25, 0.3) is 0 Å². The van der Waals surface area contributed by atoms with Crippen LogP contribution in [0.2, 0.25) is 0 Å². The second kappa shape index (κ2) is 10.8. The minimum atomic E-state index is -0.710. The minimum Gasteiger partial charge on any atom is -0.388 e. The monoisotopic (exact) mass is 419 g/mol. The molecule has 5 heteroatoms. The number of benzene rings is 1. The van der Waals surface area contributed by atoms with Gasteiger partial charge in [0.25, 0.3) is 0 Å². The first kappa shape index (κ1) is 21.2. The van der Waals surface area contributed by atoms with Crippen molar-refractivity contribution >= 4 is 29.9 Å². The van der Waals surface area contributed by atoms with Gasteiger partial charge in [0, 0.05) is 6.54 Å². The summed E-state index contributed by atoms with van der Waals surface area (Å²) in [6, 6.07) is 10.4. The zero-order valence-electron chi connectivity index (χ0n) is 14.1. The molecular formula is C17H30IN3O. The first-order valence-corrected chi connectivity index (χ1v) is 7.86. The summed E-state index contributed by atoms with van der Waals surface area (Å²) in [5.74, 6) is 0.745. The van der Waals surface area contributed by atoms with Gasteiger partial charge in [-0.25, -0.2) is 0 Å². The molecule has 0 heterocycles. The van der Waals surface area contributed by atoms with Crippen LogP contribution in [-0.4, -0.2) is 29.8 Å². The predicted molar refractivity (Wildman–Crippen MR) is 105 cm³/mol. The van der Waals surface area contributed by atoms with Gasteiger partial charge in [0.2, 0.25) is 0 Å². The topological polar surface area (TPSA) is 56.7 Å². The van der Waals surface area contributed by atoms with E-state index in [-0.39, 0.29) is 30.0 Å². The van der Waals surface area contributed by atoms with Crippen molar-refractivity contribution in [2.75, 3.05) is 13.1 Å². The largest absolute Gasteiger partial charge is 0.388 e. The summed E-state index contributed by atoms with van der Waals surface area (Å²) in [5, 5.41) is 16.9. The molecule has 126 valence electrons. The Morgan fingerprint density at radius 2 is 1.77 bits per heavy atom. The molecule has 0 aliphatic carbocycles. The van der Waals surface area contributed by atoms with Crippen molar-refractivity contribution in [3.8, 4) is 0 Å². The third-order valence-electron chi connectivity index (χ3n) is 3.84. The van der Waals surface area contributed by atoms with E-state index in [0.717, 1.165) is 12.5 Å². The summed E-state index contributed by atoms with van der Waals surface area (Å²) in [4.78, 5) is 4.54. The molecule has 1 aromatic carbocycles. The molecule has 1 unspecified atom stereocenters. The van der Waals surface area contributed by atoms with E-state index in [9.17, 15) is 5.11 Å². The Hall–Kier alpha value is -0.820. The molecule has 1 atom stereocenters. The molecule has 1 aromatic rings. The van der Waals surface area contributed by atoms with Crippen LogP contribution >= 0.6 is 24.0 Å². The number of rotatable bonds is 7. The molecule has 0 spiro atoms. The Morgan fingerprint density at radius 3 is 2.27 bits per heavy atom. The van der Waals surface area contributed by atoms with Gasteiger partial charge in [-0.15, -0.1) is 24.0 Å². The summed E-state index contributed by atoms with van der Waals surface area (Å²) in [6.07, 6.45) is 1.42. The Morgan fingerprint density at radius 1 is 1.18 bits per heavy atom. The van der Waals surface area contributed by atoms with Crippen molar-refractivity contribution in [3.05, 3.63) is 35.9 Å². The zero-order chi connectivity index (χ0) is 15.7. The van der Waals surface area contributed by atoms with Crippen molar-refractivity contribution in [2.24, 2.45) is 4.99 Å². The number of hydrogen-bond acceptors (Lipinski definition) is 2. The lowest BCUT2D eigenvalue weighted by molar-refractivity contribution is 0.0418. The number of hydrogen-bond donors (Lipinski definition) is 3. The van der Waals surface area contributed by atoms with Gasteiger partial charge in [-0.2, -0.15) is 0 Å². The van der Waals surface area contributed by atoms with Crippen molar-refractivity contribution in [2.45, 2.75) is 52.2 Å². The lowest BCUT2D eigenvalue weighted by atomic mass is 9.98. The third kappa shape index (κ3) is 6.96. The molecule has 22 heavy (non-hydrogen) atoms. The van der Waals surface area contributed by atoms with Gasteiger partial charge >= 0.3 is 0 Å². The van der Waals surface area contributed by atoms with Crippen molar-refractivity contribution < 1.29 is 5.11 Å². The predicted octanol–water partition coefficient (Wildman–Crippen LogP) is 3.47. The summed E-state index contributed by atoms with van der Waals surface area (Å²) >= 11 is 0. The molecule has 0 bridgehead atoms. The van der Waals surface area contributed by atoms with Gasteiger partial charge in [0.05, 0.1) is 18.2 Å². The van der Waals surface area contributed by atoms with Crippen LogP contribution in [0.4, 0.5) is 0 Å². The summed E-state index contributed by atoms with van der Waals surface area (Å²) < 4.78 is 0. The van der Waals surface area contributed by atoms with E-state index in [4.69, 9.17) is 0 Å². The van der Waals surface area contributed by atoms with E-state index in [1.165, 1.54) is 5.56 Å². The number of nitrogens with one attached hydrogen (secondary N) is 2. The van der Waals surface area contributed by atoms with Gasteiger partial charge < -0.3 is 15.7 Å². The first-order chi connectivity index (χ1) is 10.0. The first-order valence-electron chi connectivity index (χ1n) is 7.86. The lowest BCUT2D eigenvalue weighted by Crippen LogP contribution is -2.40. The zero-order valence-corrected chi connectivity index (χ0v) is 16.4. The lowest BCUT2D eigenvalue weighted by Gasteiger charge is -2.24. The van der Waals surface area contributed by atoms with Crippen molar-refractivity contribution in [3.63, 3.8) is 0 Å². The van der Waals surface area contributed by atoms with Gasteiger partial charge in [0.1, 0.15) is 0 Å². The van der Waals surface area contributed by atoms with Gasteiger partial charge in [-0.1, -0.05) is 44.2 Å². The quantitative estimate of drug-likeness (QED) is 0.361. The van der Waals surface area contributed by atoms with Crippen LogP contribution in [0, 0.1) is 0 Å². The van der Waals surface area contributed by atoms with Gasteiger partial charge in [-0.05, 0) is 32.3 Å². The highest BCUT2D eigenvalue weighted by molar-refractivity contribution is 14.0. The van der Waals surface area contributed by atoms with Gasteiger partial charge in [-0.3, -0.25) is 4.99 Å². The highest BCUT2D eigenvalue weighted by Gasteiger charge is 2.21. The molecular weight excluding hydrogens is 389 g/mol. The fraction of sp³-hybridized carbons (Fsp3) is 0.588. The highest BCUT2D eigenvalue weighted by atomic mass is 127. The third-order valence-corrected chi connectivity index (χ3v) is 3.84. The molecule has 0 amide bonds. The van der Waals surface area contributed by atoms with E-state index >= 15 is 0 Å². The molecule has 0 radical (unpaired) electrons. The second-order valence-electron chi connectivity index (χ2n) is 5.40. The van der Waals surface area contributed by atoms with E-state index in [1.807, 2.05) is 39.0 Å². The summed E-state index contributed by atoms with van der Waals surface area (Å²) in [5.41, 5.74) is 0.502. The average molecular weight is 419 g/mol. The molecule has 3 N–H and O–H groups in total. The molecule has 0 saturated heterocycles. The second-order valence-corrected chi connectivity index (χ2v) is 5.40. The fourth-order valence-corrected chi connectivity index (χ4v) is 2.05. The number of aliphatic imine (C=N–C) groups is 1. The molecule has 0 aliphatic rings. The van der Waals surface area contributed by atoms with E-state index in [1.54, 1.807) is 0 Å². The SMILES string of the molecule is CCNC(=NCC(O)(CC)CC)NC(C)c1ccccc1.I. The highest BCUT2D eigenvalue weighted by Crippen LogP contribution is 2.15. The Balaban J connectivity index is 0.00000441. The molecule has 0 aromatic heterocycles. The normalized spacial score (nSPS) is 13.2. The maximum absolute atomic E-state index is 10.3. The standard InChI is InChI=1S/C17H29N3O.HI/c1-5-17(21,6-2)13-19-16(18-7-3)20-14(4)15-11-9-8-10-12-15;/h8-12,14,21H,5-7,13H2,1-4H3,(H2,18,19,20);1H. The van der Waals surface area contributed by atoms with Crippen molar-refractivity contribution in [1.82, 2.24) is 10.6 Å². The Kier molecular flexibility index (Phi) is 10.4. The molecule has 0 saturated carbocycles. The molecule has 1 rings (SSSR count). The molecule has 0 aliphatic heterocycles. The van der Waals surface area contributed by atoms with Crippen LogP contribution in [0.15, 0.2) is 35.3 Å². The van der Waals surface area contributed by atoms with Crippen LogP contribution in [-0.2, 0) is 0 Å². The number of halogens is 1. The van der Waals surface area contributed by atoms with Crippen LogP contribution < -0.4 is 10.6 Å².